The number of carbonyl (C=O) groups excluding carboxylic acids is 1. The van der Waals surface area contributed by atoms with E-state index in [1.807, 2.05) is 25.2 Å². The van der Waals surface area contributed by atoms with Crippen LogP contribution in [0, 0.1) is 12.3 Å². The van der Waals surface area contributed by atoms with Crippen molar-refractivity contribution < 1.29 is 9.90 Å². The number of benzene rings is 1. The van der Waals surface area contributed by atoms with Gasteiger partial charge in [-0.05, 0) is 19.2 Å². The molecule has 1 aromatic rings. The van der Waals surface area contributed by atoms with Crippen molar-refractivity contribution in [2.24, 2.45) is 15.2 Å². The Kier molecular flexibility index (Phi) is 6.37. The van der Waals surface area contributed by atoms with Crippen molar-refractivity contribution in [2.45, 2.75) is 42.4 Å². The maximum atomic E-state index is 12.7. The van der Waals surface area contributed by atoms with Gasteiger partial charge in [-0.25, -0.2) is 0 Å². The Morgan fingerprint density at radius 2 is 2.17 bits per heavy atom. The summed E-state index contributed by atoms with van der Waals surface area (Å²) in [4.78, 5) is 19.7. The van der Waals surface area contributed by atoms with Gasteiger partial charge in [-0.15, -0.1) is 35.9 Å². The number of thioether (sulfide) groups is 2. The fourth-order valence-electron chi connectivity index (χ4n) is 3.75. The number of phenols is 1. The molecule has 2 N–H and O–H groups in total. The molecule has 2 unspecified atom stereocenters. The number of likely N-dealkylation sites (N-methyl/N-ethyl adjacent to an activating group) is 1. The van der Waals surface area contributed by atoms with Crippen LogP contribution < -0.4 is 5.32 Å². The van der Waals surface area contributed by atoms with Crippen LogP contribution in [0.5, 0.6) is 5.75 Å². The first-order valence-electron chi connectivity index (χ1n) is 10.0. The van der Waals surface area contributed by atoms with Crippen LogP contribution in [0.1, 0.15) is 24.8 Å². The summed E-state index contributed by atoms with van der Waals surface area (Å²) in [6.45, 7) is 0.547. The number of phenolic OH excluding ortho intramolecular Hbond substituents is 1. The second-order valence-corrected chi connectivity index (χ2v) is 9.82. The molecule has 3 aliphatic heterocycles. The molecule has 7 nitrogen and oxygen atoms in total. The molecule has 0 spiro atoms. The molecule has 0 aromatic heterocycles. The van der Waals surface area contributed by atoms with Gasteiger partial charge in [0.1, 0.15) is 10.8 Å². The highest BCUT2D eigenvalue weighted by Gasteiger charge is 2.42. The summed E-state index contributed by atoms with van der Waals surface area (Å²) in [5, 5.41) is 22.4. The molecule has 158 valence electrons. The van der Waals surface area contributed by atoms with E-state index in [9.17, 15) is 9.90 Å². The van der Waals surface area contributed by atoms with Gasteiger partial charge in [-0.3, -0.25) is 14.7 Å². The van der Waals surface area contributed by atoms with Crippen LogP contribution in [-0.4, -0.2) is 69.2 Å². The van der Waals surface area contributed by atoms with Crippen LogP contribution >= 0.6 is 23.5 Å². The second kappa shape index (κ2) is 9.00. The lowest BCUT2D eigenvalue weighted by Gasteiger charge is -2.26. The van der Waals surface area contributed by atoms with Gasteiger partial charge >= 0.3 is 0 Å². The number of amides is 1. The quantitative estimate of drug-likeness (QED) is 0.603. The van der Waals surface area contributed by atoms with Crippen LogP contribution in [0.3, 0.4) is 0 Å². The Labute approximate surface area is 185 Å². The summed E-state index contributed by atoms with van der Waals surface area (Å²) in [5.74, 6) is 4.50. The van der Waals surface area contributed by atoms with Crippen LogP contribution in [0.15, 0.2) is 39.5 Å². The number of rotatable bonds is 8. The highest BCUT2D eigenvalue weighted by Crippen LogP contribution is 2.38. The Hall–Kier alpha value is -2.02. The lowest BCUT2D eigenvalue weighted by atomic mass is 10.0. The SMILES string of the molecule is C#CCCC1(CCNC(=O)C2CSC([C@H]3CSC(c4ccccc4O)=N3)N2C)N=N1. The average Bonchev–Trinajstić information content (AvgIpc) is 3.15. The van der Waals surface area contributed by atoms with Crippen molar-refractivity contribution in [1.82, 2.24) is 10.2 Å². The molecule has 0 bridgehead atoms. The molecular weight excluding hydrogens is 418 g/mol. The van der Waals surface area contributed by atoms with Crippen molar-refractivity contribution >= 4 is 34.5 Å². The number of aliphatic imine (C=N–C) groups is 1. The summed E-state index contributed by atoms with van der Waals surface area (Å²) in [6.07, 6.45) is 7.41. The molecule has 1 amide bonds. The fraction of sp³-hybridized carbons (Fsp3) is 0.524. The first kappa shape index (κ1) is 21.2. The Balaban J connectivity index is 1.30. The third-order valence-corrected chi connectivity index (χ3v) is 8.24. The zero-order valence-electron chi connectivity index (χ0n) is 16.8. The monoisotopic (exact) mass is 443 g/mol. The van der Waals surface area contributed by atoms with Crippen molar-refractivity contribution in [2.75, 3.05) is 25.1 Å². The van der Waals surface area contributed by atoms with Gasteiger partial charge in [0, 0.05) is 42.9 Å². The average molecular weight is 444 g/mol. The highest BCUT2D eigenvalue weighted by atomic mass is 32.2. The van der Waals surface area contributed by atoms with Crippen molar-refractivity contribution in [1.29, 1.82) is 0 Å². The lowest BCUT2D eigenvalue weighted by Crippen LogP contribution is -2.47. The van der Waals surface area contributed by atoms with Crippen LogP contribution in [0.4, 0.5) is 0 Å². The van der Waals surface area contributed by atoms with Crippen LogP contribution in [-0.2, 0) is 4.79 Å². The first-order chi connectivity index (χ1) is 14.5. The molecule has 1 fully saturated rings. The Morgan fingerprint density at radius 3 is 2.90 bits per heavy atom. The second-order valence-electron chi connectivity index (χ2n) is 7.66. The van der Waals surface area contributed by atoms with Crippen LogP contribution in [0.2, 0.25) is 0 Å². The minimum atomic E-state index is -0.367. The number of nitrogens with zero attached hydrogens (tertiary/aromatic N) is 4. The fourth-order valence-corrected chi connectivity index (χ4v) is 6.53. The van der Waals surface area contributed by atoms with Crippen molar-refractivity contribution in [3.05, 3.63) is 29.8 Å². The largest absolute Gasteiger partial charge is 0.507 e. The topological polar surface area (TPSA) is 89.6 Å². The third-order valence-electron chi connectivity index (χ3n) is 5.64. The predicted molar refractivity (Wildman–Crippen MR) is 122 cm³/mol. The van der Waals surface area contributed by atoms with Crippen molar-refractivity contribution in [3.8, 4) is 18.1 Å². The van der Waals surface area contributed by atoms with E-state index in [-0.39, 0.29) is 34.8 Å². The van der Waals surface area contributed by atoms with Gasteiger partial charge in [0.25, 0.3) is 0 Å². The predicted octanol–water partition coefficient (Wildman–Crippen LogP) is 2.71. The molecule has 1 aromatic carbocycles. The van der Waals surface area contributed by atoms with Gasteiger partial charge in [0.2, 0.25) is 5.91 Å². The van der Waals surface area contributed by atoms with E-state index in [1.54, 1.807) is 29.6 Å². The van der Waals surface area contributed by atoms with E-state index in [0.717, 1.165) is 28.5 Å². The number of nitrogens with one attached hydrogen (secondary N) is 1. The minimum absolute atomic E-state index is 0.0378. The van der Waals surface area contributed by atoms with E-state index in [0.29, 0.717) is 19.4 Å². The maximum absolute atomic E-state index is 12.7. The van der Waals surface area contributed by atoms with E-state index in [4.69, 9.17) is 11.4 Å². The van der Waals surface area contributed by atoms with E-state index in [2.05, 4.69) is 26.4 Å². The van der Waals surface area contributed by atoms with Gasteiger partial charge in [0.05, 0.1) is 17.5 Å². The number of aromatic hydroxyl groups is 1. The lowest BCUT2D eigenvalue weighted by molar-refractivity contribution is -0.125. The minimum Gasteiger partial charge on any atom is -0.507 e. The standard InChI is InChI=1S/C21H25N5O2S2/c1-3-4-9-21(24-25-21)10-11-22-18(28)16-13-30-20(26(16)2)15-12-29-19(23-15)14-7-5-6-8-17(14)27/h1,5-8,15-16,20,27H,4,9-13H2,2H3,(H,22,28)/t15-,16?,20?/m1/s1. The molecule has 0 saturated carbocycles. The summed E-state index contributed by atoms with van der Waals surface area (Å²) in [6, 6.07) is 7.20. The molecule has 0 aliphatic carbocycles. The normalized spacial score (nSPS) is 26.9. The highest BCUT2D eigenvalue weighted by molar-refractivity contribution is 8.14. The van der Waals surface area contributed by atoms with Gasteiger partial charge in [0.15, 0.2) is 5.66 Å². The van der Waals surface area contributed by atoms with Gasteiger partial charge < -0.3 is 10.4 Å². The molecular formula is C21H25N5O2S2. The number of para-hydroxylation sites is 1. The molecule has 4 rings (SSSR count). The van der Waals surface area contributed by atoms with Gasteiger partial charge in [-0.2, -0.15) is 10.2 Å². The van der Waals surface area contributed by atoms with E-state index >= 15 is 0 Å². The van der Waals surface area contributed by atoms with E-state index in [1.165, 1.54) is 0 Å². The molecule has 9 heteroatoms. The number of terminal acetylenes is 1. The van der Waals surface area contributed by atoms with E-state index < -0.39 is 0 Å². The summed E-state index contributed by atoms with van der Waals surface area (Å²) >= 11 is 3.43. The zero-order chi connectivity index (χ0) is 21.1. The molecule has 3 aliphatic rings. The third kappa shape index (κ3) is 4.51. The molecule has 3 heterocycles. The molecule has 1 saturated heterocycles. The zero-order valence-corrected chi connectivity index (χ0v) is 18.5. The van der Waals surface area contributed by atoms with Crippen LogP contribution in [0.25, 0.3) is 0 Å². The smallest absolute Gasteiger partial charge is 0.238 e. The summed E-state index contributed by atoms with van der Waals surface area (Å²) < 4.78 is 0. The van der Waals surface area contributed by atoms with Crippen molar-refractivity contribution in [3.63, 3.8) is 0 Å². The molecule has 0 radical (unpaired) electrons. The summed E-state index contributed by atoms with van der Waals surface area (Å²) in [7, 11) is 1.99. The van der Waals surface area contributed by atoms with Gasteiger partial charge in [-0.1, -0.05) is 12.1 Å². The molecule has 3 atom stereocenters. The first-order valence-corrected chi connectivity index (χ1v) is 12.0. The Bertz CT molecular complexity index is 907. The maximum Gasteiger partial charge on any atom is 0.238 e. The Morgan fingerprint density at radius 1 is 1.37 bits per heavy atom. The molecule has 30 heavy (non-hydrogen) atoms. The number of carbonyl (C=O) groups is 1. The number of hydrogen-bond donors (Lipinski definition) is 2. The number of hydrogen-bond acceptors (Lipinski definition) is 8. The summed E-state index contributed by atoms with van der Waals surface area (Å²) in [5.41, 5.74) is 0.410.